The van der Waals surface area contributed by atoms with E-state index in [0.29, 0.717) is 5.75 Å². The molecule has 0 aliphatic heterocycles. The van der Waals surface area contributed by atoms with Gasteiger partial charge in [0, 0.05) is 0 Å². The van der Waals surface area contributed by atoms with Crippen molar-refractivity contribution >= 4 is 8.60 Å². The maximum atomic E-state index is 8.91. The van der Waals surface area contributed by atoms with E-state index in [0.717, 1.165) is 24.0 Å². The van der Waals surface area contributed by atoms with Crippen LogP contribution in [0, 0.1) is 6.92 Å². The van der Waals surface area contributed by atoms with Gasteiger partial charge in [0.2, 0.25) is 0 Å². The van der Waals surface area contributed by atoms with Crippen LogP contribution in [0.2, 0.25) is 0 Å². The molecule has 0 heterocycles. The third-order valence-electron chi connectivity index (χ3n) is 2.46. The Morgan fingerprint density at radius 3 is 2.33 bits per heavy atom. The van der Waals surface area contributed by atoms with Crippen molar-refractivity contribution in [3.8, 4) is 5.75 Å². The minimum atomic E-state index is -2.33. The van der Waals surface area contributed by atoms with Crippen LogP contribution < -0.4 is 4.52 Å². The van der Waals surface area contributed by atoms with Crippen LogP contribution >= 0.6 is 8.60 Å². The highest BCUT2D eigenvalue weighted by molar-refractivity contribution is 7.39. The first-order valence-corrected chi connectivity index (χ1v) is 6.23. The van der Waals surface area contributed by atoms with E-state index >= 15 is 0 Å². The molecule has 1 rings (SSSR count). The van der Waals surface area contributed by atoms with Crippen molar-refractivity contribution < 1.29 is 14.3 Å². The average molecular weight is 228 g/mol. The summed E-state index contributed by atoms with van der Waals surface area (Å²) >= 11 is 0. The zero-order chi connectivity index (χ0) is 11.4. The molecule has 0 radical (unpaired) electrons. The van der Waals surface area contributed by atoms with Crippen LogP contribution in [0.5, 0.6) is 5.75 Å². The summed E-state index contributed by atoms with van der Waals surface area (Å²) in [5.74, 6) is 0.632. The lowest BCUT2D eigenvalue weighted by molar-refractivity contribution is 0.372. The molecule has 0 saturated heterocycles. The van der Waals surface area contributed by atoms with E-state index < -0.39 is 8.60 Å². The second-order valence-electron chi connectivity index (χ2n) is 3.40. The zero-order valence-corrected chi connectivity index (χ0v) is 10.2. The molecule has 84 valence electrons. The van der Waals surface area contributed by atoms with Gasteiger partial charge in [-0.25, -0.2) is 0 Å². The topological polar surface area (TPSA) is 49.7 Å². The summed E-state index contributed by atoms with van der Waals surface area (Å²) in [7, 11) is -2.33. The maximum Gasteiger partial charge on any atom is 0.391 e. The van der Waals surface area contributed by atoms with Crippen LogP contribution in [0.15, 0.2) is 12.1 Å². The van der Waals surface area contributed by atoms with Crippen molar-refractivity contribution in [3.05, 3.63) is 28.8 Å². The van der Waals surface area contributed by atoms with Gasteiger partial charge in [-0.05, 0) is 36.5 Å². The summed E-state index contributed by atoms with van der Waals surface area (Å²) in [6.45, 7) is 6.03. The fourth-order valence-corrected chi connectivity index (χ4v) is 2.13. The average Bonchev–Trinajstić information content (AvgIpc) is 2.20. The van der Waals surface area contributed by atoms with Crippen LogP contribution in [-0.4, -0.2) is 9.79 Å². The molecular weight excluding hydrogens is 211 g/mol. The summed E-state index contributed by atoms with van der Waals surface area (Å²) in [5, 5.41) is 0. The normalized spacial score (nSPS) is 10.8. The summed E-state index contributed by atoms with van der Waals surface area (Å²) in [6.07, 6.45) is 1.76. The first-order chi connectivity index (χ1) is 7.10. The fourth-order valence-electron chi connectivity index (χ4n) is 1.71. The van der Waals surface area contributed by atoms with Crippen molar-refractivity contribution in [1.29, 1.82) is 0 Å². The predicted molar refractivity (Wildman–Crippen MR) is 61.9 cm³/mol. The molecule has 3 nitrogen and oxygen atoms in total. The van der Waals surface area contributed by atoms with Gasteiger partial charge in [0.1, 0.15) is 5.75 Å². The Morgan fingerprint density at radius 2 is 1.87 bits per heavy atom. The monoisotopic (exact) mass is 228 g/mol. The molecule has 4 heteroatoms. The van der Waals surface area contributed by atoms with Gasteiger partial charge in [-0.2, -0.15) is 0 Å². The van der Waals surface area contributed by atoms with Crippen molar-refractivity contribution in [2.24, 2.45) is 0 Å². The SMILES string of the molecule is CCc1ccc(C)c(OP(O)O)c1CC. The van der Waals surface area contributed by atoms with E-state index in [9.17, 15) is 0 Å². The molecule has 0 aromatic heterocycles. The highest BCUT2D eigenvalue weighted by atomic mass is 31.2. The zero-order valence-electron chi connectivity index (χ0n) is 9.32. The molecule has 0 saturated carbocycles. The van der Waals surface area contributed by atoms with Gasteiger partial charge < -0.3 is 14.3 Å². The summed E-state index contributed by atoms with van der Waals surface area (Å²) in [5.41, 5.74) is 3.22. The molecule has 0 spiro atoms. The molecule has 0 atom stereocenters. The number of rotatable bonds is 4. The molecule has 15 heavy (non-hydrogen) atoms. The van der Waals surface area contributed by atoms with Crippen LogP contribution in [-0.2, 0) is 12.8 Å². The van der Waals surface area contributed by atoms with Gasteiger partial charge >= 0.3 is 8.60 Å². The molecule has 0 bridgehead atoms. The molecular formula is C11H17O3P. The van der Waals surface area contributed by atoms with Crippen molar-refractivity contribution in [2.75, 3.05) is 0 Å². The van der Waals surface area contributed by atoms with Gasteiger partial charge in [-0.3, -0.25) is 0 Å². The lowest BCUT2D eigenvalue weighted by Gasteiger charge is -2.16. The van der Waals surface area contributed by atoms with E-state index in [4.69, 9.17) is 14.3 Å². The predicted octanol–water partition coefficient (Wildman–Crippen LogP) is 2.71. The Balaban J connectivity index is 3.19. The molecule has 2 N–H and O–H groups in total. The van der Waals surface area contributed by atoms with Crippen molar-refractivity contribution in [1.82, 2.24) is 0 Å². The standard InChI is InChI=1S/C11H17O3P/c1-4-9-7-6-8(3)11(10(9)5-2)14-15(12)13/h6-7,12-13H,4-5H2,1-3H3. The van der Waals surface area contributed by atoms with E-state index in [1.54, 1.807) is 0 Å². The smallest absolute Gasteiger partial charge is 0.391 e. The Kier molecular flexibility index (Phi) is 4.52. The largest absolute Gasteiger partial charge is 0.426 e. The second kappa shape index (κ2) is 5.45. The summed E-state index contributed by atoms with van der Waals surface area (Å²) in [4.78, 5) is 17.8. The Hall–Kier alpha value is -0.630. The van der Waals surface area contributed by atoms with Gasteiger partial charge in [-0.15, -0.1) is 0 Å². The lowest BCUT2D eigenvalue weighted by atomic mass is 9.99. The van der Waals surface area contributed by atoms with Gasteiger partial charge in [0.15, 0.2) is 0 Å². The number of benzene rings is 1. The minimum Gasteiger partial charge on any atom is -0.426 e. The highest BCUT2D eigenvalue weighted by Crippen LogP contribution is 2.36. The van der Waals surface area contributed by atoms with E-state index in [1.165, 1.54) is 5.56 Å². The highest BCUT2D eigenvalue weighted by Gasteiger charge is 2.13. The van der Waals surface area contributed by atoms with E-state index in [1.807, 2.05) is 19.9 Å². The first kappa shape index (κ1) is 12.4. The van der Waals surface area contributed by atoms with Crippen molar-refractivity contribution in [2.45, 2.75) is 33.6 Å². The first-order valence-electron chi connectivity index (χ1n) is 5.07. The molecule has 0 aliphatic rings. The van der Waals surface area contributed by atoms with Crippen LogP contribution in [0.1, 0.15) is 30.5 Å². The van der Waals surface area contributed by atoms with E-state index in [-0.39, 0.29) is 0 Å². The summed E-state index contributed by atoms with van der Waals surface area (Å²) in [6, 6.07) is 4.02. The molecule has 0 amide bonds. The van der Waals surface area contributed by atoms with Crippen LogP contribution in [0.25, 0.3) is 0 Å². The maximum absolute atomic E-state index is 8.91. The lowest BCUT2D eigenvalue weighted by Crippen LogP contribution is -1.98. The Morgan fingerprint density at radius 1 is 1.20 bits per heavy atom. The quantitative estimate of drug-likeness (QED) is 0.779. The second-order valence-corrected chi connectivity index (χ2v) is 4.09. The van der Waals surface area contributed by atoms with Crippen LogP contribution in [0.3, 0.4) is 0 Å². The van der Waals surface area contributed by atoms with Gasteiger partial charge in [0.25, 0.3) is 0 Å². The van der Waals surface area contributed by atoms with E-state index in [2.05, 4.69) is 13.0 Å². The number of hydrogen-bond acceptors (Lipinski definition) is 3. The summed E-state index contributed by atoms with van der Waals surface area (Å²) < 4.78 is 5.09. The van der Waals surface area contributed by atoms with Gasteiger partial charge in [-0.1, -0.05) is 26.0 Å². The Labute approximate surface area is 91.7 Å². The van der Waals surface area contributed by atoms with Gasteiger partial charge in [0.05, 0.1) is 0 Å². The molecule has 0 aliphatic carbocycles. The molecule has 0 fully saturated rings. The minimum absolute atomic E-state index is 0.632. The Bertz CT molecular complexity index is 337. The molecule has 1 aromatic carbocycles. The number of hydrogen-bond donors (Lipinski definition) is 2. The van der Waals surface area contributed by atoms with Crippen LogP contribution in [0.4, 0.5) is 0 Å². The fraction of sp³-hybridized carbons (Fsp3) is 0.455. The third kappa shape index (κ3) is 2.91. The number of aryl methyl sites for hydroxylation is 2. The molecule has 1 aromatic rings. The van der Waals surface area contributed by atoms with Crippen molar-refractivity contribution in [3.63, 3.8) is 0 Å². The molecule has 0 unspecified atom stereocenters. The third-order valence-corrected chi connectivity index (χ3v) is 2.81.